The predicted molar refractivity (Wildman–Crippen MR) is 119 cm³/mol. The zero-order valence-electron chi connectivity index (χ0n) is 17.1. The zero-order chi connectivity index (χ0) is 20.2. The Morgan fingerprint density at radius 3 is 2.50 bits per heavy atom. The maximum absolute atomic E-state index is 6.47. The van der Waals surface area contributed by atoms with Crippen LogP contribution in [-0.2, 0) is 0 Å². The summed E-state index contributed by atoms with van der Waals surface area (Å²) in [4.78, 5) is 10.4. The summed E-state index contributed by atoms with van der Waals surface area (Å²) in [6, 6.07) is 4.11. The molecule has 6 heteroatoms. The Morgan fingerprint density at radius 2 is 1.79 bits per heavy atom. The van der Waals surface area contributed by atoms with Crippen LogP contribution in [0.3, 0.4) is 0 Å². The first-order valence-electron chi connectivity index (χ1n) is 9.32. The number of benzene rings is 1. The van der Waals surface area contributed by atoms with Gasteiger partial charge in [-0.05, 0) is 69.0 Å². The molecule has 0 fully saturated rings. The van der Waals surface area contributed by atoms with E-state index in [1.807, 2.05) is 19.3 Å². The largest absolute Gasteiger partial charge is 0.398 e. The lowest BCUT2D eigenvalue weighted by Crippen LogP contribution is -2.03. The van der Waals surface area contributed by atoms with Crippen LogP contribution in [0.1, 0.15) is 27.9 Å². The normalized spacial score (nSPS) is 11.4. The van der Waals surface area contributed by atoms with Crippen molar-refractivity contribution >= 4 is 27.8 Å². The van der Waals surface area contributed by atoms with Crippen molar-refractivity contribution < 1.29 is 0 Å². The topological polar surface area (TPSA) is 68.2 Å². The average molecular weight is 392 g/mol. The van der Waals surface area contributed by atoms with E-state index in [-0.39, 0.29) is 0 Å². The van der Waals surface area contributed by atoms with Gasteiger partial charge >= 0.3 is 0 Å². The Bertz CT molecular complexity index is 1190. The Hall–Kier alpha value is -2.86. The smallest absolute Gasteiger partial charge is 0.194 e. The summed E-state index contributed by atoms with van der Waals surface area (Å²) in [7, 11) is 1.88. The number of thiazole rings is 1. The third-order valence-electron chi connectivity index (χ3n) is 5.74. The minimum atomic E-state index is 0.833. The number of aromatic nitrogens is 3. The summed E-state index contributed by atoms with van der Waals surface area (Å²) in [6.45, 7) is 10.6. The van der Waals surface area contributed by atoms with Gasteiger partial charge in [0.05, 0.1) is 11.4 Å². The summed E-state index contributed by atoms with van der Waals surface area (Å²) >= 11 is 1.66. The van der Waals surface area contributed by atoms with Crippen molar-refractivity contribution in [1.82, 2.24) is 14.4 Å². The number of fused-ring (bicyclic) bond motifs is 1. The van der Waals surface area contributed by atoms with Crippen molar-refractivity contribution in [3.63, 3.8) is 0 Å². The van der Waals surface area contributed by atoms with Gasteiger partial charge in [-0.3, -0.25) is 4.40 Å². The van der Waals surface area contributed by atoms with E-state index in [4.69, 9.17) is 10.7 Å². The second-order valence-electron chi connectivity index (χ2n) is 7.27. The van der Waals surface area contributed by atoms with E-state index in [9.17, 15) is 0 Å². The second-order valence-corrected chi connectivity index (χ2v) is 8.11. The molecule has 1 aromatic carbocycles. The highest BCUT2D eigenvalue weighted by Gasteiger charge is 2.24. The molecule has 0 amide bonds. The lowest BCUT2D eigenvalue weighted by molar-refractivity contribution is 1.13. The molecule has 0 spiro atoms. The Labute approximate surface area is 169 Å². The van der Waals surface area contributed by atoms with Crippen LogP contribution >= 0.6 is 11.3 Å². The first kappa shape index (κ1) is 18.5. The third kappa shape index (κ3) is 2.59. The fourth-order valence-electron chi connectivity index (χ4n) is 3.87. The fourth-order valence-corrected chi connectivity index (χ4v) is 4.74. The molecule has 3 heterocycles. The predicted octanol–water partition coefficient (Wildman–Crippen LogP) is 5.29. The van der Waals surface area contributed by atoms with Crippen molar-refractivity contribution in [3.05, 3.63) is 51.7 Å². The summed E-state index contributed by atoms with van der Waals surface area (Å²) in [6.07, 6.45) is 1.83. The molecule has 28 heavy (non-hydrogen) atoms. The molecule has 0 aliphatic carbocycles. The first-order chi connectivity index (χ1) is 13.3. The van der Waals surface area contributed by atoms with Gasteiger partial charge in [-0.2, -0.15) is 0 Å². The Morgan fingerprint density at radius 1 is 1.04 bits per heavy atom. The van der Waals surface area contributed by atoms with E-state index < -0.39 is 0 Å². The number of nitrogens with two attached hydrogens (primary N) is 1. The average Bonchev–Trinajstić information content (AvgIpc) is 3.25. The van der Waals surface area contributed by atoms with Crippen LogP contribution < -0.4 is 11.1 Å². The van der Waals surface area contributed by atoms with E-state index >= 15 is 0 Å². The van der Waals surface area contributed by atoms with Crippen LogP contribution in [0.2, 0.25) is 0 Å². The Kier molecular flexibility index (Phi) is 4.38. The van der Waals surface area contributed by atoms with Crippen LogP contribution in [-0.4, -0.2) is 21.4 Å². The van der Waals surface area contributed by atoms with Crippen LogP contribution in [0.5, 0.6) is 0 Å². The third-order valence-corrected chi connectivity index (χ3v) is 6.69. The second kappa shape index (κ2) is 6.63. The molecule has 3 N–H and O–H groups in total. The molecule has 5 nitrogen and oxygen atoms in total. The lowest BCUT2D eigenvalue weighted by Gasteiger charge is -2.18. The van der Waals surface area contributed by atoms with Crippen LogP contribution in [0.4, 0.5) is 11.5 Å². The highest BCUT2D eigenvalue weighted by Crippen LogP contribution is 2.41. The van der Waals surface area contributed by atoms with Crippen molar-refractivity contribution in [2.75, 3.05) is 18.1 Å². The van der Waals surface area contributed by atoms with Crippen molar-refractivity contribution in [2.24, 2.45) is 0 Å². The van der Waals surface area contributed by atoms with Gasteiger partial charge in [-0.25, -0.2) is 9.97 Å². The molecule has 0 bridgehead atoms. The SMILES string of the molecule is CNc1cc(-c2c(-c3c(C)c(C)c(C)c(N)c3C)nc3scc(C)n23)ccn1. The van der Waals surface area contributed by atoms with E-state index in [1.165, 1.54) is 16.8 Å². The maximum Gasteiger partial charge on any atom is 0.194 e. The standard InChI is InChI=1S/C22H25N5S/c1-11-10-28-22-26-20(18-13(3)12(2)14(4)19(23)15(18)5)21(27(11)22)16-7-8-25-17(9-16)24-6/h7-10H,23H2,1-6H3,(H,24,25). The molecular weight excluding hydrogens is 366 g/mol. The molecule has 0 saturated carbocycles. The first-order valence-corrected chi connectivity index (χ1v) is 10.2. The van der Waals surface area contributed by atoms with E-state index in [2.05, 4.69) is 60.8 Å². The monoisotopic (exact) mass is 391 g/mol. The number of imidazole rings is 1. The number of anilines is 2. The minimum absolute atomic E-state index is 0.833. The summed E-state index contributed by atoms with van der Waals surface area (Å²) in [5, 5.41) is 5.28. The van der Waals surface area contributed by atoms with Gasteiger partial charge in [0.1, 0.15) is 5.82 Å². The molecule has 4 aromatic rings. The summed E-state index contributed by atoms with van der Waals surface area (Å²) in [5.41, 5.74) is 17.5. The molecule has 3 aromatic heterocycles. The summed E-state index contributed by atoms with van der Waals surface area (Å²) in [5.74, 6) is 0.833. The summed E-state index contributed by atoms with van der Waals surface area (Å²) < 4.78 is 2.24. The number of nitrogens with zero attached hydrogens (tertiary/aromatic N) is 3. The Balaban J connectivity index is 2.13. The highest BCUT2D eigenvalue weighted by atomic mass is 32.1. The molecule has 0 saturated heterocycles. The van der Waals surface area contributed by atoms with Gasteiger partial charge < -0.3 is 11.1 Å². The molecular formula is C22H25N5S. The van der Waals surface area contributed by atoms with E-state index in [0.717, 1.165) is 50.1 Å². The number of nitrogens with one attached hydrogen (secondary N) is 1. The molecule has 4 rings (SSSR count). The van der Waals surface area contributed by atoms with E-state index in [0.29, 0.717) is 0 Å². The highest BCUT2D eigenvalue weighted by molar-refractivity contribution is 7.15. The quantitative estimate of drug-likeness (QED) is 0.466. The number of rotatable bonds is 3. The number of pyridine rings is 1. The molecule has 0 radical (unpaired) electrons. The van der Waals surface area contributed by atoms with Crippen molar-refractivity contribution in [1.29, 1.82) is 0 Å². The molecule has 0 unspecified atom stereocenters. The van der Waals surface area contributed by atoms with Gasteiger partial charge in [0, 0.05) is 41.1 Å². The van der Waals surface area contributed by atoms with Crippen LogP contribution in [0.25, 0.3) is 27.5 Å². The lowest BCUT2D eigenvalue weighted by atomic mass is 9.89. The molecule has 0 aliphatic rings. The van der Waals surface area contributed by atoms with Gasteiger partial charge in [0.25, 0.3) is 0 Å². The molecule has 0 aliphatic heterocycles. The number of aryl methyl sites for hydroxylation is 1. The molecule has 0 atom stereocenters. The van der Waals surface area contributed by atoms with Crippen molar-refractivity contribution in [3.8, 4) is 22.5 Å². The number of nitrogen functional groups attached to an aromatic ring is 1. The fraction of sp³-hybridized carbons (Fsp3) is 0.273. The van der Waals surface area contributed by atoms with Gasteiger partial charge in [0.2, 0.25) is 0 Å². The molecule has 144 valence electrons. The van der Waals surface area contributed by atoms with Gasteiger partial charge in [-0.1, -0.05) is 0 Å². The maximum atomic E-state index is 6.47. The number of hydrogen-bond acceptors (Lipinski definition) is 5. The van der Waals surface area contributed by atoms with Crippen LogP contribution in [0.15, 0.2) is 23.7 Å². The van der Waals surface area contributed by atoms with Gasteiger partial charge in [-0.15, -0.1) is 11.3 Å². The van der Waals surface area contributed by atoms with Crippen LogP contribution in [0, 0.1) is 34.6 Å². The van der Waals surface area contributed by atoms with E-state index in [1.54, 1.807) is 11.3 Å². The van der Waals surface area contributed by atoms with Crippen molar-refractivity contribution in [2.45, 2.75) is 34.6 Å². The zero-order valence-corrected chi connectivity index (χ0v) is 18.0. The minimum Gasteiger partial charge on any atom is -0.398 e. The number of hydrogen-bond donors (Lipinski definition) is 2. The van der Waals surface area contributed by atoms with Gasteiger partial charge in [0.15, 0.2) is 4.96 Å².